The fourth-order valence-electron chi connectivity index (χ4n) is 2.73. The normalized spacial score (nSPS) is 11.9. The Balaban J connectivity index is 1.63. The van der Waals surface area contributed by atoms with E-state index in [2.05, 4.69) is 10.3 Å². The van der Waals surface area contributed by atoms with Crippen LogP contribution in [0.25, 0.3) is 0 Å². The average molecular weight is 365 g/mol. The van der Waals surface area contributed by atoms with Crippen LogP contribution in [0.15, 0.2) is 76.4 Å². The minimum Gasteiger partial charge on any atom is -0.379 e. The third kappa shape index (κ3) is 5.18. The van der Waals surface area contributed by atoms with Crippen molar-refractivity contribution in [3.63, 3.8) is 0 Å². The maximum Gasteiger partial charge on any atom is 0.330 e. The van der Waals surface area contributed by atoms with Gasteiger partial charge in [-0.15, -0.1) is 0 Å². The van der Waals surface area contributed by atoms with E-state index in [4.69, 9.17) is 4.74 Å². The second kappa shape index (κ2) is 9.00. The standard InChI is InChI=1S/C21H23N3O3/c1-16(18-10-6-3-7-11-18)27-15-24-14-19(20(25)23-21(24)26)22-13-12-17-8-4-2-5-9-17/h2-11,14,16,22H,12-13,15H2,1H3,(H,23,25,26)/t16-/m0/s1. The highest BCUT2D eigenvalue weighted by molar-refractivity contribution is 5.38. The number of aromatic nitrogens is 2. The Morgan fingerprint density at radius 1 is 1.04 bits per heavy atom. The topological polar surface area (TPSA) is 76.1 Å². The minimum absolute atomic E-state index is 0.0546. The van der Waals surface area contributed by atoms with Crippen molar-refractivity contribution in [2.24, 2.45) is 0 Å². The highest BCUT2D eigenvalue weighted by Gasteiger charge is 2.08. The van der Waals surface area contributed by atoms with Gasteiger partial charge in [-0.05, 0) is 24.5 Å². The Labute approximate surface area is 157 Å². The maximum atomic E-state index is 12.0. The van der Waals surface area contributed by atoms with E-state index in [-0.39, 0.29) is 12.8 Å². The number of ether oxygens (including phenoxy) is 1. The summed E-state index contributed by atoms with van der Waals surface area (Å²) in [7, 11) is 0. The lowest BCUT2D eigenvalue weighted by molar-refractivity contribution is 0.0142. The Bertz CT molecular complexity index is 965. The molecule has 1 aromatic heterocycles. The first-order chi connectivity index (χ1) is 13.1. The van der Waals surface area contributed by atoms with E-state index in [1.165, 1.54) is 16.3 Å². The highest BCUT2D eigenvalue weighted by atomic mass is 16.5. The van der Waals surface area contributed by atoms with E-state index >= 15 is 0 Å². The highest BCUT2D eigenvalue weighted by Crippen LogP contribution is 2.16. The van der Waals surface area contributed by atoms with Gasteiger partial charge in [0.2, 0.25) is 0 Å². The van der Waals surface area contributed by atoms with Crippen LogP contribution in [0.4, 0.5) is 5.69 Å². The second-order valence-electron chi connectivity index (χ2n) is 6.28. The molecule has 3 rings (SSSR count). The first kappa shape index (κ1) is 18.7. The first-order valence-electron chi connectivity index (χ1n) is 8.91. The molecule has 0 unspecified atom stereocenters. The van der Waals surface area contributed by atoms with Crippen molar-refractivity contribution in [2.45, 2.75) is 26.2 Å². The number of anilines is 1. The van der Waals surface area contributed by atoms with Gasteiger partial charge in [0, 0.05) is 12.7 Å². The predicted octanol–water partition coefficient (Wildman–Crippen LogP) is 2.93. The first-order valence-corrected chi connectivity index (χ1v) is 8.91. The fraction of sp³-hybridized carbons (Fsp3) is 0.238. The van der Waals surface area contributed by atoms with Crippen molar-refractivity contribution < 1.29 is 4.74 Å². The zero-order valence-electron chi connectivity index (χ0n) is 15.2. The van der Waals surface area contributed by atoms with Crippen molar-refractivity contribution >= 4 is 5.69 Å². The van der Waals surface area contributed by atoms with Crippen molar-refractivity contribution in [1.29, 1.82) is 0 Å². The van der Waals surface area contributed by atoms with Crippen LogP contribution >= 0.6 is 0 Å². The summed E-state index contributed by atoms with van der Waals surface area (Å²) in [6.45, 7) is 2.57. The summed E-state index contributed by atoms with van der Waals surface area (Å²) in [4.78, 5) is 26.4. The number of nitrogens with zero attached hydrogens (tertiary/aromatic N) is 1. The van der Waals surface area contributed by atoms with Gasteiger partial charge in [0.05, 0.1) is 6.10 Å². The second-order valence-corrected chi connectivity index (χ2v) is 6.28. The largest absolute Gasteiger partial charge is 0.379 e. The Hall–Kier alpha value is -3.12. The van der Waals surface area contributed by atoms with Crippen LogP contribution in [0.2, 0.25) is 0 Å². The molecule has 0 bridgehead atoms. The van der Waals surface area contributed by atoms with Gasteiger partial charge >= 0.3 is 5.69 Å². The quantitative estimate of drug-likeness (QED) is 0.644. The summed E-state index contributed by atoms with van der Waals surface area (Å²) >= 11 is 0. The number of H-pyrrole nitrogens is 1. The SMILES string of the molecule is C[C@H](OCn1cc(NCCc2ccccc2)c(=O)[nH]c1=O)c1ccccc1. The lowest BCUT2D eigenvalue weighted by Crippen LogP contribution is -2.32. The molecule has 140 valence electrons. The zero-order valence-corrected chi connectivity index (χ0v) is 15.2. The lowest BCUT2D eigenvalue weighted by Gasteiger charge is -2.15. The molecule has 0 fully saturated rings. The third-order valence-corrected chi connectivity index (χ3v) is 4.32. The molecule has 0 aliphatic heterocycles. The number of hydrogen-bond acceptors (Lipinski definition) is 4. The Morgan fingerprint density at radius 3 is 2.41 bits per heavy atom. The van der Waals surface area contributed by atoms with Crippen LogP contribution in [0, 0.1) is 0 Å². The monoisotopic (exact) mass is 365 g/mol. The van der Waals surface area contributed by atoms with Gasteiger partial charge in [0.1, 0.15) is 12.4 Å². The summed E-state index contributed by atoms with van der Waals surface area (Å²) in [6, 6.07) is 19.8. The zero-order chi connectivity index (χ0) is 19.1. The van der Waals surface area contributed by atoms with Crippen molar-refractivity contribution in [3.05, 3.63) is 98.8 Å². The summed E-state index contributed by atoms with van der Waals surface area (Å²) in [5, 5.41) is 3.09. The van der Waals surface area contributed by atoms with Gasteiger partial charge < -0.3 is 10.1 Å². The van der Waals surface area contributed by atoms with Crippen LogP contribution < -0.4 is 16.6 Å². The summed E-state index contributed by atoms with van der Waals surface area (Å²) in [5.41, 5.74) is 1.63. The number of aromatic amines is 1. The molecule has 0 aliphatic rings. The van der Waals surface area contributed by atoms with E-state index in [9.17, 15) is 9.59 Å². The molecule has 6 nitrogen and oxygen atoms in total. The predicted molar refractivity (Wildman–Crippen MR) is 106 cm³/mol. The van der Waals surface area contributed by atoms with E-state index < -0.39 is 11.2 Å². The van der Waals surface area contributed by atoms with Crippen LogP contribution in [-0.4, -0.2) is 16.1 Å². The average Bonchev–Trinajstić information content (AvgIpc) is 2.70. The van der Waals surface area contributed by atoms with E-state index in [1.54, 1.807) is 0 Å². The van der Waals surface area contributed by atoms with Gasteiger partial charge in [0.25, 0.3) is 5.56 Å². The van der Waals surface area contributed by atoms with E-state index in [0.29, 0.717) is 12.2 Å². The van der Waals surface area contributed by atoms with Crippen LogP contribution in [0.5, 0.6) is 0 Å². The van der Waals surface area contributed by atoms with Crippen molar-refractivity contribution in [3.8, 4) is 0 Å². The molecule has 27 heavy (non-hydrogen) atoms. The molecule has 3 aromatic rings. The Morgan fingerprint density at radius 2 is 1.70 bits per heavy atom. The summed E-state index contributed by atoms with van der Waals surface area (Å²) in [5.74, 6) is 0. The summed E-state index contributed by atoms with van der Waals surface area (Å²) < 4.78 is 7.13. The van der Waals surface area contributed by atoms with Gasteiger partial charge in [-0.1, -0.05) is 60.7 Å². The molecular formula is C21H23N3O3. The van der Waals surface area contributed by atoms with E-state index in [0.717, 1.165) is 12.0 Å². The minimum atomic E-state index is -0.492. The molecule has 1 atom stereocenters. The molecule has 1 heterocycles. The maximum absolute atomic E-state index is 12.0. The molecule has 0 saturated carbocycles. The molecule has 0 saturated heterocycles. The molecule has 0 spiro atoms. The molecular weight excluding hydrogens is 342 g/mol. The number of benzene rings is 2. The van der Waals surface area contributed by atoms with Crippen LogP contribution in [-0.2, 0) is 17.9 Å². The van der Waals surface area contributed by atoms with Gasteiger partial charge in [0.15, 0.2) is 0 Å². The van der Waals surface area contributed by atoms with Gasteiger partial charge in [-0.3, -0.25) is 14.3 Å². The molecule has 2 N–H and O–H groups in total. The molecule has 0 aliphatic carbocycles. The third-order valence-electron chi connectivity index (χ3n) is 4.32. The molecule has 6 heteroatoms. The number of nitrogens with one attached hydrogen (secondary N) is 2. The van der Waals surface area contributed by atoms with E-state index in [1.807, 2.05) is 67.6 Å². The Kier molecular flexibility index (Phi) is 6.22. The molecule has 2 aromatic carbocycles. The molecule has 0 radical (unpaired) electrons. The molecule has 0 amide bonds. The van der Waals surface area contributed by atoms with Crippen LogP contribution in [0.3, 0.4) is 0 Å². The van der Waals surface area contributed by atoms with Gasteiger partial charge in [-0.2, -0.15) is 0 Å². The lowest BCUT2D eigenvalue weighted by atomic mass is 10.1. The van der Waals surface area contributed by atoms with Gasteiger partial charge in [-0.25, -0.2) is 4.79 Å². The number of rotatable bonds is 8. The van der Waals surface area contributed by atoms with Crippen molar-refractivity contribution in [1.82, 2.24) is 9.55 Å². The fourth-order valence-corrected chi connectivity index (χ4v) is 2.73. The number of hydrogen-bond donors (Lipinski definition) is 2. The summed E-state index contributed by atoms with van der Waals surface area (Å²) in [6.07, 6.45) is 2.12. The van der Waals surface area contributed by atoms with Crippen molar-refractivity contribution in [2.75, 3.05) is 11.9 Å². The smallest absolute Gasteiger partial charge is 0.330 e. The van der Waals surface area contributed by atoms with Crippen LogP contribution in [0.1, 0.15) is 24.2 Å².